The first kappa shape index (κ1) is 14.3. The summed E-state index contributed by atoms with van der Waals surface area (Å²) < 4.78 is 11.8. The van der Waals surface area contributed by atoms with Crippen molar-refractivity contribution < 1.29 is 19.4 Å². The molecule has 0 aromatic heterocycles. The number of carbonyl (C=O) groups excluding carboxylic acids is 1. The Bertz CT molecular complexity index is 771. The standard InChI is InChI=1S/C19H19NO4/c1-3-8-19-15-11-9-10(16(21)17(11)24-19)14(15)18(22)20(19)12-6-4-5-7-13(12)23-2/h1,4-7,10-11,14-17,21H,8-9H2,2H3. The van der Waals surface area contributed by atoms with Gasteiger partial charge in [0.1, 0.15) is 5.75 Å². The summed E-state index contributed by atoms with van der Waals surface area (Å²) in [4.78, 5) is 15.0. The molecule has 4 fully saturated rings. The number of para-hydroxylation sites is 2. The summed E-state index contributed by atoms with van der Waals surface area (Å²) in [5.41, 5.74) is -0.156. The second-order valence-electron chi connectivity index (χ2n) is 7.26. The van der Waals surface area contributed by atoms with Crippen LogP contribution in [0.2, 0.25) is 0 Å². The van der Waals surface area contributed by atoms with E-state index in [-0.39, 0.29) is 35.7 Å². The number of carbonyl (C=O) groups is 1. The highest BCUT2D eigenvalue weighted by Gasteiger charge is 2.78. The van der Waals surface area contributed by atoms with E-state index in [9.17, 15) is 9.90 Å². The summed E-state index contributed by atoms with van der Waals surface area (Å²) in [7, 11) is 1.59. The molecule has 0 spiro atoms. The predicted molar refractivity (Wildman–Crippen MR) is 86.1 cm³/mol. The van der Waals surface area contributed by atoms with Gasteiger partial charge in [0.05, 0.1) is 37.3 Å². The van der Waals surface area contributed by atoms with Gasteiger partial charge in [-0.3, -0.25) is 9.69 Å². The molecule has 2 bridgehead atoms. The van der Waals surface area contributed by atoms with Gasteiger partial charge in [0, 0.05) is 5.92 Å². The normalized spacial score (nSPS) is 44.2. The highest BCUT2D eigenvalue weighted by atomic mass is 16.6. The maximum absolute atomic E-state index is 13.3. The van der Waals surface area contributed by atoms with Crippen molar-refractivity contribution in [2.24, 2.45) is 23.7 Å². The Morgan fingerprint density at radius 3 is 3.00 bits per heavy atom. The molecule has 24 heavy (non-hydrogen) atoms. The Morgan fingerprint density at radius 1 is 1.46 bits per heavy atom. The summed E-state index contributed by atoms with van der Waals surface area (Å²) >= 11 is 0. The summed E-state index contributed by atoms with van der Waals surface area (Å²) in [6.45, 7) is 0. The Labute approximate surface area is 140 Å². The van der Waals surface area contributed by atoms with E-state index in [1.165, 1.54) is 0 Å². The van der Waals surface area contributed by atoms with Gasteiger partial charge in [-0.25, -0.2) is 0 Å². The monoisotopic (exact) mass is 325 g/mol. The number of ether oxygens (including phenoxy) is 2. The first-order chi connectivity index (χ1) is 11.6. The molecular weight excluding hydrogens is 306 g/mol. The molecule has 124 valence electrons. The minimum absolute atomic E-state index is 0.00412. The van der Waals surface area contributed by atoms with Gasteiger partial charge in [0.15, 0.2) is 5.72 Å². The molecule has 2 aliphatic heterocycles. The fourth-order valence-corrected chi connectivity index (χ4v) is 5.81. The summed E-state index contributed by atoms with van der Waals surface area (Å²) in [6, 6.07) is 7.46. The van der Waals surface area contributed by atoms with Crippen LogP contribution in [-0.4, -0.2) is 36.1 Å². The average molecular weight is 325 g/mol. The van der Waals surface area contributed by atoms with Crippen molar-refractivity contribution in [2.75, 3.05) is 12.0 Å². The molecule has 5 nitrogen and oxygen atoms in total. The van der Waals surface area contributed by atoms with Gasteiger partial charge in [-0.15, -0.1) is 12.3 Å². The van der Waals surface area contributed by atoms with Crippen LogP contribution in [0.25, 0.3) is 0 Å². The first-order valence-corrected chi connectivity index (χ1v) is 8.40. The fraction of sp³-hybridized carbons (Fsp3) is 0.526. The largest absolute Gasteiger partial charge is 0.495 e. The summed E-state index contributed by atoms with van der Waals surface area (Å²) in [5, 5.41) is 10.5. The molecule has 7 atom stereocenters. The van der Waals surface area contributed by atoms with Gasteiger partial charge >= 0.3 is 0 Å². The average Bonchev–Trinajstić information content (AvgIpc) is 3.24. The van der Waals surface area contributed by atoms with E-state index in [1.54, 1.807) is 12.0 Å². The van der Waals surface area contributed by atoms with Crippen LogP contribution in [0.4, 0.5) is 5.69 Å². The number of terminal acetylenes is 1. The number of hydrogen-bond donors (Lipinski definition) is 1. The third-order valence-electron chi connectivity index (χ3n) is 6.48. The second-order valence-corrected chi connectivity index (χ2v) is 7.26. The molecule has 2 saturated heterocycles. The van der Waals surface area contributed by atoms with E-state index in [2.05, 4.69) is 5.92 Å². The number of anilines is 1. The van der Waals surface area contributed by atoms with Crippen molar-refractivity contribution in [1.82, 2.24) is 0 Å². The number of benzene rings is 1. The lowest BCUT2D eigenvalue weighted by molar-refractivity contribution is -0.132. The van der Waals surface area contributed by atoms with Crippen LogP contribution in [-0.2, 0) is 9.53 Å². The maximum atomic E-state index is 13.3. The molecule has 2 heterocycles. The third-order valence-corrected chi connectivity index (χ3v) is 6.48. The predicted octanol–water partition coefficient (Wildman–Crippen LogP) is 1.40. The molecule has 1 amide bonds. The van der Waals surface area contributed by atoms with Gasteiger partial charge in [-0.2, -0.15) is 0 Å². The van der Waals surface area contributed by atoms with E-state index in [0.29, 0.717) is 17.9 Å². The number of nitrogens with zero attached hydrogens (tertiary/aromatic N) is 1. The van der Waals surface area contributed by atoms with Crippen LogP contribution in [0.5, 0.6) is 5.75 Å². The van der Waals surface area contributed by atoms with Gasteiger partial charge in [0.25, 0.3) is 0 Å². The minimum atomic E-state index is -0.854. The van der Waals surface area contributed by atoms with E-state index in [0.717, 1.165) is 6.42 Å². The lowest BCUT2D eigenvalue weighted by atomic mass is 9.76. The molecule has 1 N–H and O–H groups in total. The molecule has 7 unspecified atom stereocenters. The molecule has 5 heteroatoms. The molecular formula is C19H19NO4. The molecule has 0 radical (unpaired) electrons. The molecule has 1 aromatic carbocycles. The van der Waals surface area contributed by atoms with Crippen molar-refractivity contribution in [1.29, 1.82) is 0 Å². The van der Waals surface area contributed by atoms with Gasteiger partial charge < -0.3 is 14.6 Å². The van der Waals surface area contributed by atoms with Crippen molar-refractivity contribution in [3.8, 4) is 18.1 Å². The number of hydrogen-bond acceptors (Lipinski definition) is 4. The van der Waals surface area contributed by atoms with Crippen molar-refractivity contribution >= 4 is 11.6 Å². The smallest absolute Gasteiger partial charge is 0.233 e. The number of aliphatic hydroxyl groups is 1. The van der Waals surface area contributed by atoms with Gasteiger partial charge in [0.2, 0.25) is 5.91 Å². The third kappa shape index (κ3) is 1.39. The topological polar surface area (TPSA) is 59.0 Å². The summed E-state index contributed by atoms with van der Waals surface area (Å²) in [5.74, 6) is 3.39. The molecule has 1 aromatic rings. The van der Waals surface area contributed by atoms with E-state index < -0.39 is 11.8 Å². The molecule has 2 aliphatic carbocycles. The SMILES string of the molecule is C#CCC12OC3C(O)C4CC3C1C4C(=O)N2c1ccccc1OC. The van der Waals surface area contributed by atoms with Gasteiger partial charge in [-0.1, -0.05) is 12.1 Å². The van der Waals surface area contributed by atoms with E-state index in [1.807, 2.05) is 24.3 Å². The minimum Gasteiger partial charge on any atom is -0.495 e. The number of amides is 1. The highest BCUT2D eigenvalue weighted by molar-refractivity contribution is 6.01. The fourth-order valence-electron chi connectivity index (χ4n) is 5.81. The second kappa shape index (κ2) is 4.53. The number of aliphatic hydroxyl groups excluding tert-OH is 1. The molecule has 2 saturated carbocycles. The van der Waals surface area contributed by atoms with Crippen molar-refractivity contribution in [2.45, 2.75) is 30.8 Å². The first-order valence-electron chi connectivity index (χ1n) is 8.40. The Morgan fingerprint density at radius 2 is 2.25 bits per heavy atom. The lowest BCUT2D eigenvalue weighted by Gasteiger charge is -2.38. The van der Waals surface area contributed by atoms with Crippen LogP contribution < -0.4 is 9.64 Å². The van der Waals surface area contributed by atoms with E-state index >= 15 is 0 Å². The Balaban J connectivity index is 1.70. The lowest BCUT2D eigenvalue weighted by Crippen LogP contribution is -2.51. The molecule has 4 aliphatic rings. The highest BCUT2D eigenvalue weighted by Crippen LogP contribution is 2.69. The zero-order chi connectivity index (χ0) is 16.6. The van der Waals surface area contributed by atoms with Gasteiger partial charge in [-0.05, 0) is 30.4 Å². The van der Waals surface area contributed by atoms with Crippen LogP contribution >= 0.6 is 0 Å². The number of methoxy groups -OCH3 is 1. The zero-order valence-corrected chi connectivity index (χ0v) is 13.4. The van der Waals surface area contributed by atoms with Crippen LogP contribution in [0.1, 0.15) is 12.8 Å². The quantitative estimate of drug-likeness (QED) is 0.854. The Hall–Kier alpha value is -2.03. The summed E-state index contributed by atoms with van der Waals surface area (Å²) in [6.07, 6.45) is 6.07. The van der Waals surface area contributed by atoms with Crippen LogP contribution in [0.15, 0.2) is 24.3 Å². The maximum Gasteiger partial charge on any atom is 0.233 e. The van der Waals surface area contributed by atoms with Crippen molar-refractivity contribution in [3.63, 3.8) is 0 Å². The Kier molecular flexibility index (Phi) is 2.70. The number of rotatable bonds is 3. The van der Waals surface area contributed by atoms with Crippen LogP contribution in [0, 0.1) is 36.0 Å². The number of fused-ring (bicyclic) bond motifs is 2. The molecule has 5 rings (SSSR count). The van der Waals surface area contributed by atoms with E-state index in [4.69, 9.17) is 15.9 Å². The zero-order valence-electron chi connectivity index (χ0n) is 13.4. The van der Waals surface area contributed by atoms with Crippen molar-refractivity contribution in [3.05, 3.63) is 24.3 Å². The van der Waals surface area contributed by atoms with Crippen LogP contribution in [0.3, 0.4) is 0 Å².